The van der Waals surface area contributed by atoms with Crippen LogP contribution in [-0.4, -0.2) is 19.5 Å². The zero-order valence-electron chi connectivity index (χ0n) is 5.94. The van der Waals surface area contributed by atoms with E-state index in [0.717, 1.165) is 12.2 Å². The van der Waals surface area contributed by atoms with E-state index in [1.54, 1.807) is 25.0 Å². The van der Waals surface area contributed by atoms with Crippen LogP contribution in [0.15, 0.2) is 31.2 Å². The van der Waals surface area contributed by atoms with Gasteiger partial charge in [0.15, 0.2) is 0 Å². The fourth-order valence-corrected chi connectivity index (χ4v) is 0.948. The van der Waals surface area contributed by atoms with Crippen LogP contribution < -0.4 is 0 Å². The van der Waals surface area contributed by atoms with Crippen LogP contribution in [0, 0.1) is 0 Å². The maximum Gasteiger partial charge on any atom is 0.0949 e. The van der Waals surface area contributed by atoms with Gasteiger partial charge < -0.3 is 9.55 Å². The molecule has 0 saturated heterocycles. The third-order valence-corrected chi connectivity index (χ3v) is 1.47. The molecule has 0 aliphatic rings. The fraction of sp³-hybridized carbons (Fsp3) is 0.143. The second kappa shape index (κ2) is 2.57. The van der Waals surface area contributed by atoms with Gasteiger partial charge in [0.1, 0.15) is 0 Å². The maximum absolute atomic E-state index is 3.93. The molecule has 2 aromatic rings. The summed E-state index contributed by atoms with van der Waals surface area (Å²) in [5.74, 6) is 0. The average Bonchev–Trinajstić information content (AvgIpc) is 2.60. The molecule has 0 aliphatic heterocycles. The molecular weight excluding hydrogens is 140 g/mol. The van der Waals surface area contributed by atoms with E-state index < -0.39 is 0 Å². The number of hydrogen-bond donors (Lipinski definition) is 1. The second-order valence-corrected chi connectivity index (χ2v) is 2.31. The Morgan fingerprint density at radius 3 is 3.09 bits per heavy atom. The Morgan fingerprint density at radius 1 is 1.45 bits per heavy atom. The summed E-state index contributed by atoms with van der Waals surface area (Å²) in [6.45, 7) is 0.806. The number of H-pyrrole nitrogens is 1. The predicted octanol–water partition coefficient (Wildman–Crippen LogP) is 0.654. The first-order valence-electron chi connectivity index (χ1n) is 3.38. The van der Waals surface area contributed by atoms with Crippen LogP contribution in [0.1, 0.15) is 5.69 Å². The summed E-state index contributed by atoms with van der Waals surface area (Å²) in [7, 11) is 0. The zero-order chi connectivity index (χ0) is 7.52. The van der Waals surface area contributed by atoms with Crippen molar-refractivity contribution < 1.29 is 0 Å². The third kappa shape index (κ3) is 1.29. The van der Waals surface area contributed by atoms with Crippen molar-refractivity contribution >= 4 is 0 Å². The summed E-state index contributed by atoms with van der Waals surface area (Å²) >= 11 is 0. The summed E-state index contributed by atoms with van der Waals surface area (Å²) in [6.07, 6.45) is 8.93. The van der Waals surface area contributed by atoms with Crippen molar-refractivity contribution in [3.63, 3.8) is 0 Å². The van der Waals surface area contributed by atoms with Gasteiger partial charge >= 0.3 is 0 Å². The SMILES string of the molecule is c1cn(Cc2cnc[nH]2)cn1. The van der Waals surface area contributed by atoms with E-state index in [-0.39, 0.29) is 0 Å². The molecule has 0 radical (unpaired) electrons. The van der Waals surface area contributed by atoms with E-state index in [2.05, 4.69) is 15.0 Å². The van der Waals surface area contributed by atoms with Gasteiger partial charge in [0.25, 0.3) is 0 Å². The monoisotopic (exact) mass is 148 g/mol. The normalized spacial score (nSPS) is 10.2. The van der Waals surface area contributed by atoms with Crippen molar-refractivity contribution in [1.29, 1.82) is 0 Å². The molecule has 2 rings (SSSR count). The van der Waals surface area contributed by atoms with Gasteiger partial charge in [-0.1, -0.05) is 0 Å². The predicted molar refractivity (Wildman–Crippen MR) is 39.9 cm³/mol. The molecule has 1 N–H and O–H groups in total. The van der Waals surface area contributed by atoms with Crippen LogP contribution in [0.2, 0.25) is 0 Å². The Labute approximate surface area is 63.9 Å². The van der Waals surface area contributed by atoms with Crippen LogP contribution >= 0.6 is 0 Å². The van der Waals surface area contributed by atoms with Crippen molar-refractivity contribution in [3.05, 3.63) is 36.9 Å². The number of nitrogens with zero attached hydrogens (tertiary/aromatic N) is 3. The first-order chi connectivity index (χ1) is 5.45. The number of imidazole rings is 2. The molecule has 0 fully saturated rings. The van der Waals surface area contributed by atoms with Gasteiger partial charge in [-0.05, 0) is 0 Å². The van der Waals surface area contributed by atoms with Crippen molar-refractivity contribution in [2.45, 2.75) is 6.54 Å². The lowest BCUT2D eigenvalue weighted by atomic mass is 10.5. The molecule has 4 heteroatoms. The highest BCUT2D eigenvalue weighted by atomic mass is 15.0. The lowest BCUT2D eigenvalue weighted by molar-refractivity contribution is 0.778. The van der Waals surface area contributed by atoms with E-state index in [9.17, 15) is 0 Å². The largest absolute Gasteiger partial charge is 0.347 e. The molecule has 0 unspecified atom stereocenters. The van der Waals surface area contributed by atoms with Gasteiger partial charge in [-0.25, -0.2) is 9.97 Å². The summed E-state index contributed by atoms with van der Waals surface area (Å²) in [6, 6.07) is 0. The highest BCUT2D eigenvalue weighted by Gasteiger charge is 1.92. The molecule has 0 aromatic carbocycles. The number of aromatic amines is 1. The van der Waals surface area contributed by atoms with Gasteiger partial charge in [0, 0.05) is 18.6 Å². The lowest BCUT2D eigenvalue weighted by Crippen LogP contribution is -1.95. The quantitative estimate of drug-likeness (QED) is 0.679. The van der Waals surface area contributed by atoms with Crippen molar-refractivity contribution in [2.24, 2.45) is 0 Å². The first kappa shape index (κ1) is 6.15. The maximum atomic E-state index is 3.93. The van der Waals surface area contributed by atoms with Gasteiger partial charge in [-0.3, -0.25) is 0 Å². The molecule has 4 nitrogen and oxygen atoms in total. The van der Waals surface area contributed by atoms with Crippen LogP contribution in [0.3, 0.4) is 0 Å². The second-order valence-electron chi connectivity index (χ2n) is 2.31. The van der Waals surface area contributed by atoms with Gasteiger partial charge in [0.2, 0.25) is 0 Å². The van der Waals surface area contributed by atoms with Crippen LogP contribution in [-0.2, 0) is 6.54 Å². The Hall–Kier alpha value is -1.58. The summed E-state index contributed by atoms with van der Waals surface area (Å²) < 4.78 is 1.98. The zero-order valence-corrected chi connectivity index (χ0v) is 5.94. The van der Waals surface area contributed by atoms with Crippen molar-refractivity contribution in [3.8, 4) is 0 Å². The molecule has 2 aromatic heterocycles. The molecule has 11 heavy (non-hydrogen) atoms. The van der Waals surface area contributed by atoms with Crippen molar-refractivity contribution in [2.75, 3.05) is 0 Å². The lowest BCUT2D eigenvalue weighted by Gasteiger charge is -1.96. The van der Waals surface area contributed by atoms with Crippen molar-refractivity contribution in [1.82, 2.24) is 19.5 Å². The molecule has 0 atom stereocenters. The molecule has 0 amide bonds. The summed E-state index contributed by atoms with van der Waals surface area (Å²) in [5, 5.41) is 0. The third-order valence-electron chi connectivity index (χ3n) is 1.47. The highest BCUT2D eigenvalue weighted by Crippen LogP contribution is 1.95. The molecule has 0 saturated carbocycles. The Bertz CT molecular complexity index is 263. The average molecular weight is 148 g/mol. The number of nitrogens with one attached hydrogen (secondary N) is 1. The molecule has 0 aliphatic carbocycles. The number of hydrogen-bond acceptors (Lipinski definition) is 2. The summed E-state index contributed by atoms with van der Waals surface area (Å²) in [5.41, 5.74) is 1.09. The molecular formula is C7H8N4. The van der Waals surface area contributed by atoms with E-state index >= 15 is 0 Å². The Morgan fingerprint density at radius 2 is 2.45 bits per heavy atom. The van der Waals surface area contributed by atoms with E-state index in [1.165, 1.54) is 0 Å². The number of rotatable bonds is 2. The van der Waals surface area contributed by atoms with E-state index in [1.807, 2.05) is 10.8 Å². The smallest absolute Gasteiger partial charge is 0.0949 e. The molecule has 56 valence electrons. The molecule has 2 heterocycles. The van der Waals surface area contributed by atoms with Gasteiger partial charge in [-0.15, -0.1) is 0 Å². The molecule has 0 bridgehead atoms. The molecule has 0 spiro atoms. The summed E-state index contributed by atoms with van der Waals surface area (Å²) in [4.78, 5) is 10.9. The van der Waals surface area contributed by atoms with E-state index in [4.69, 9.17) is 0 Å². The highest BCUT2D eigenvalue weighted by molar-refractivity contribution is 4.95. The fourth-order valence-electron chi connectivity index (χ4n) is 0.948. The minimum absolute atomic E-state index is 0.806. The van der Waals surface area contributed by atoms with Crippen LogP contribution in [0.25, 0.3) is 0 Å². The standard InChI is InChI=1S/C7H8N4/c1-2-11(6-8-1)4-7-3-9-5-10-7/h1-3,5-6H,4H2,(H,9,10). The van der Waals surface area contributed by atoms with Crippen LogP contribution in [0.4, 0.5) is 0 Å². The minimum atomic E-state index is 0.806. The Kier molecular flexibility index (Phi) is 1.44. The number of aromatic nitrogens is 4. The van der Waals surface area contributed by atoms with Gasteiger partial charge in [-0.2, -0.15) is 0 Å². The van der Waals surface area contributed by atoms with Crippen LogP contribution in [0.5, 0.6) is 0 Å². The Balaban J connectivity index is 2.14. The van der Waals surface area contributed by atoms with E-state index in [0.29, 0.717) is 0 Å². The van der Waals surface area contributed by atoms with Gasteiger partial charge in [0.05, 0.1) is 24.9 Å². The topological polar surface area (TPSA) is 46.5 Å². The minimum Gasteiger partial charge on any atom is -0.347 e. The first-order valence-corrected chi connectivity index (χ1v) is 3.38.